The molecule has 1 saturated heterocycles. The molecule has 0 amide bonds. The van der Waals surface area contributed by atoms with Crippen LogP contribution in [0.4, 0.5) is 23.1 Å². The molecule has 5 rings (SSSR count). The maximum Gasteiger partial charge on any atom is 0.175 e. The van der Waals surface area contributed by atoms with Gasteiger partial charge in [-0.25, -0.2) is 9.97 Å². The van der Waals surface area contributed by atoms with Gasteiger partial charge in [-0.15, -0.1) is 0 Å². The number of nitrogen functional groups attached to an aromatic ring is 1. The number of hydrogen-bond acceptors (Lipinski definition) is 8. The van der Waals surface area contributed by atoms with Crippen LogP contribution >= 0.6 is 0 Å². The highest BCUT2D eigenvalue weighted by atomic mass is 16.5. The molecule has 168 valence electrons. The summed E-state index contributed by atoms with van der Waals surface area (Å²) in [4.78, 5) is 13.5. The Morgan fingerprint density at radius 3 is 2.12 bits per heavy atom. The normalized spacial score (nSPS) is 14.5. The number of piperazine rings is 1. The summed E-state index contributed by atoms with van der Waals surface area (Å²) in [5, 5.41) is 7.08. The second kappa shape index (κ2) is 9.30. The number of anilines is 4. The minimum absolute atomic E-state index is 0.213. The van der Waals surface area contributed by atoms with Crippen LogP contribution in [-0.2, 0) is 0 Å². The lowest BCUT2D eigenvalue weighted by Gasteiger charge is -2.40. The molecule has 0 saturated carbocycles. The molecular weight excluding hydrogens is 414 g/mol. The highest BCUT2D eigenvalue weighted by Gasteiger charge is 2.28. The Morgan fingerprint density at radius 2 is 1.55 bits per heavy atom. The number of aromatic nitrogens is 3. The van der Waals surface area contributed by atoms with Gasteiger partial charge in [0.1, 0.15) is 17.8 Å². The van der Waals surface area contributed by atoms with Crippen LogP contribution in [0.15, 0.2) is 77.6 Å². The molecule has 3 N–H and O–H groups in total. The summed E-state index contributed by atoms with van der Waals surface area (Å²) in [5.41, 5.74) is 9.55. The number of nitrogens with one attached hydrogen (secondary N) is 1. The molecule has 8 nitrogen and oxygen atoms in total. The maximum absolute atomic E-state index is 6.44. The van der Waals surface area contributed by atoms with Crippen molar-refractivity contribution in [2.24, 2.45) is 0 Å². The molecule has 0 radical (unpaired) electrons. The minimum atomic E-state index is 0.213. The molecular formula is C25H27N7O. The zero-order valence-electron chi connectivity index (χ0n) is 18.6. The van der Waals surface area contributed by atoms with E-state index in [4.69, 9.17) is 10.3 Å². The molecule has 0 aliphatic carbocycles. The fourth-order valence-electron chi connectivity index (χ4n) is 4.36. The molecule has 0 spiro atoms. The second-order valence-corrected chi connectivity index (χ2v) is 8.15. The van der Waals surface area contributed by atoms with Gasteiger partial charge in [0, 0.05) is 32.2 Å². The first-order valence-electron chi connectivity index (χ1n) is 11.1. The molecule has 1 aliphatic rings. The summed E-state index contributed by atoms with van der Waals surface area (Å²) in [6.45, 7) is 5.26. The van der Waals surface area contributed by atoms with E-state index in [9.17, 15) is 0 Å². The van der Waals surface area contributed by atoms with E-state index in [1.54, 1.807) is 6.07 Å². The molecule has 2 aromatic carbocycles. The van der Waals surface area contributed by atoms with Crippen LogP contribution in [0.25, 0.3) is 0 Å². The summed E-state index contributed by atoms with van der Waals surface area (Å²) in [6.07, 6.45) is 1.53. The molecule has 8 heteroatoms. The van der Waals surface area contributed by atoms with Crippen molar-refractivity contribution in [1.29, 1.82) is 0 Å². The maximum atomic E-state index is 6.44. The largest absolute Gasteiger partial charge is 0.393 e. The van der Waals surface area contributed by atoms with Crippen LogP contribution in [0.3, 0.4) is 0 Å². The summed E-state index contributed by atoms with van der Waals surface area (Å²) in [5.74, 6) is 2.56. The van der Waals surface area contributed by atoms with Gasteiger partial charge >= 0.3 is 0 Å². The van der Waals surface area contributed by atoms with Crippen LogP contribution in [0.1, 0.15) is 22.9 Å². The molecule has 1 aliphatic heterocycles. The van der Waals surface area contributed by atoms with Crippen molar-refractivity contribution in [3.05, 3.63) is 89.9 Å². The van der Waals surface area contributed by atoms with E-state index >= 15 is 0 Å². The van der Waals surface area contributed by atoms with Crippen molar-refractivity contribution in [1.82, 2.24) is 20.0 Å². The van der Waals surface area contributed by atoms with Gasteiger partial charge in [0.15, 0.2) is 17.5 Å². The van der Waals surface area contributed by atoms with E-state index in [1.807, 2.05) is 6.92 Å². The summed E-state index contributed by atoms with van der Waals surface area (Å²) < 4.78 is 5.12. The van der Waals surface area contributed by atoms with E-state index in [0.717, 1.165) is 32.0 Å². The van der Waals surface area contributed by atoms with Crippen LogP contribution in [0, 0.1) is 6.92 Å². The fourth-order valence-corrected chi connectivity index (χ4v) is 4.36. The zero-order valence-corrected chi connectivity index (χ0v) is 18.6. The Labute approximate surface area is 193 Å². The van der Waals surface area contributed by atoms with E-state index in [2.05, 4.69) is 90.9 Å². The van der Waals surface area contributed by atoms with E-state index in [0.29, 0.717) is 23.1 Å². The van der Waals surface area contributed by atoms with E-state index in [1.165, 1.54) is 17.5 Å². The van der Waals surface area contributed by atoms with Gasteiger partial charge in [-0.3, -0.25) is 4.90 Å². The topological polar surface area (TPSA) is 96.3 Å². The van der Waals surface area contributed by atoms with Gasteiger partial charge in [-0.05, 0) is 18.1 Å². The van der Waals surface area contributed by atoms with E-state index < -0.39 is 0 Å². The Bertz CT molecular complexity index is 1150. The molecule has 0 unspecified atom stereocenters. The first-order valence-corrected chi connectivity index (χ1v) is 11.1. The van der Waals surface area contributed by atoms with Gasteiger partial charge in [-0.1, -0.05) is 65.8 Å². The predicted molar refractivity (Wildman–Crippen MR) is 129 cm³/mol. The van der Waals surface area contributed by atoms with Crippen molar-refractivity contribution in [3.63, 3.8) is 0 Å². The molecule has 4 aromatic rings. The molecule has 0 atom stereocenters. The Hall–Kier alpha value is -3.91. The van der Waals surface area contributed by atoms with Crippen LogP contribution in [0.5, 0.6) is 0 Å². The van der Waals surface area contributed by atoms with Crippen molar-refractivity contribution in [2.75, 3.05) is 42.1 Å². The molecule has 0 bridgehead atoms. The first kappa shape index (κ1) is 21.0. The number of nitrogens with two attached hydrogens (primary N) is 1. The number of benzene rings is 2. The average molecular weight is 442 g/mol. The van der Waals surface area contributed by atoms with Crippen LogP contribution in [0.2, 0.25) is 0 Å². The lowest BCUT2D eigenvalue weighted by molar-refractivity contribution is 0.212. The highest BCUT2D eigenvalue weighted by molar-refractivity contribution is 5.77. The third-order valence-corrected chi connectivity index (χ3v) is 5.95. The first-order chi connectivity index (χ1) is 16.2. The number of nitrogens with zero attached hydrogens (tertiary/aromatic N) is 5. The summed E-state index contributed by atoms with van der Waals surface area (Å²) in [6, 6.07) is 23.4. The molecule has 2 aromatic heterocycles. The Kier molecular flexibility index (Phi) is 5.91. The zero-order chi connectivity index (χ0) is 22.6. The van der Waals surface area contributed by atoms with E-state index in [-0.39, 0.29) is 6.04 Å². The number of hydrogen-bond donors (Lipinski definition) is 2. The van der Waals surface area contributed by atoms with Gasteiger partial charge in [0.05, 0.1) is 6.04 Å². The lowest BCUT2D eigenvalue weighted by atomic mass is 9.96. The van der Waals surface area contributed by atoms with Crippen molar-refractivity contribution in [3.8, 4) is 0 Å². The van der Waals surface area contributed by atoms with Crippen molar-refractivity contribution < 1.29 is 4.52 Å². The van der Waals surface area contributed by atoms with Gasteiger partial charge < -0.3 is 20.5 Å². The third-order valence-electron chi connectivity index (χ3n) is 5.95. The van der Waals surface area contributed by atoms with Crippen molar-refractivity contribution in [2.45, 2.75) is 13.0 Å². The van der Waals surface area contributed by atoms with Gasteiger partial charge in [0.25, 0.3) is 0 Å². The van der Waals surface area contributed by atoms with Gasteiger partial charge in [0.2, 0.25) is 0 Å². The molecule has 3 heterocycles. The van der Waals surface area contributed by atoms with Crippen LogP contribution < -0.4 is 16.0 Å². The summed E-state index contributed by atoms with van der Waals surface area (Å²) >= 11 is 0. The van der Waals surface area contributed by atoms with Crippen LogP contribution in [-0.4, -0.2) is 46.2 Å². The lowest BCUT2D eigenvalue weighted by Crippen LogP contribution is -2.48. The number of rotatable bonds is 6. The molecule has 33 heavy (non-hydrogen) atoms. The Balaban J connectivity index is 1.34. The van der Waals surface area contributed by atoms with Crippen molar-refractivity contribution >= 4 is 23.1 Å². The Morgan fingerprint density at radius 1 is 0.909 bits per heavy atom. The SMILES string of the molecule is Cc1cc(Nc2ncnc(N3CCN(C(c4ccccc4)c4ccccc4)CC3)c2N)no1. The second-order valence-electron chi connectivity index (χ2n) is 8.15. The smallest absolute Gasteiger partial charge is 0.175 e. The average Bonchev–Trinajstić information content (AvgIpc) is 3.27. The minimum Gasteiger partial charge on any atom is -0.393 e. The molecule has 1 fully saturated rings. The quantitative estimate of drug-likeness (QED) is 0.463. The summed E-state index contributed by atoms with van der Waals surface area (Å²) in [7, 11) is 0. The standard InChI is InChI=1S/C25H27N7O/c1-18-16-21(30-33-18)29-24-22(26)25(28-17-27-24)32-14-12-31(13-15-32)23(19-8-4-2-5-9-19)20-10-6-3-7-11-20/h2-11,16-17,23H,12-15,26H2,1H3,(H,27,28,29,30). The predicted octanol–water partition coefficient (Wildman–Crippen LogP) is 4.01. The highest BCUT2D eigenvalue weighted by Crippen LogP contribution is 2.32. The third kappa shape index (κ3) is 4.51. The number of aryl methyl sites for hydroxylation is 1. The monoisotopic (exact) mass is 441 g/mol. The fraction of sp³-hybridized carbons (Fsp3) is 0.240. The van der Waals surface area contributed by atoms with Gasteiger partial charge in [-0.2, -0.15) is 0 Å².